The second kappa shape index (κ2) is 6.12. The lowest BCUT2D eigenvalue weighted by atomic mass is 10.0. The molecule has 3 heteroatoms. The van der Waals surface area contributed by atoms with E-state index in [0.717, 1.165) is 38.0 Å². The van der Waals surface area contributed by atoms with E-state index in [0.29, 0.717) is 6.04 Å². The first-order valence-corrected chi connectivity index (χ1v) is 6.39. The Morgan fingerprint density at radius 1 is 1.47 bits per heavy atom. The van der Waals surface area contributed by atoms with Crippen LogP contribution in [-0.2, 0) is 4.74 Å². The molecule has 1 aliphatic rings. The van der Waals surface area contributed by atoms with Crippen molar-refractivity contribution >= 4 is 0 Å². The van der Waals surface area contributed by atoms with Crippen LogP contribution in [0.3, 0.4) is 0 Å². The average molecular weight is 237 g/mol. The number of nitrogens with one attached hydrogen (secondary N) is 1. The number of benzene rings is 1. The number of ether oxygens (including phenoxy) is 1. The van der Waals surface area contributed by atoms with Gasteiger partial charge in [-0.1, -0.05) is 25.1 Å². The maximum Gasteiger partial charge on any atom is 0.127 e. The van der Waals surface area contributed by atoms with Gasteiger partial charge in [-0.3, -0.25) is 0 Å². The third kappa shape index (κ3) is 3.27. The van der Waals surface area contributed by atoms with Crippen molar-refractivity contribution in [1.82, 2.24) is 5.32 Å². The first-order valence-electron chi connectivity index (χ1n) is 6.39. The van der Waals surface area contributed by atoms with E-state index in [4.69, 9.17) is 4.74 Å². The largest absolute Gasteiger partial charge is 0.380 e. The Bertz CT molecular complexity index is 350. The molecule has 1 N–H and O–H groups in total. The number of hydrogen-bond donors (Lipinski definition) is 1. The van der Waals surface area contributed by atoms with Crippen molar-refractivity contribution in [3.63, 3.8) is 0 Å². The van der Waals surface area contributed by atoms with E-state index in [1.165, 1.54) is 6.07 Å². The summed E-state index contributed by atoms with van der Waals surface area (Å²) in [6, 6.07) is 7.45. The van der Waals surface area contributed by atoms with Crippen LogP contribution in [-0.4, -0.2) is 19.3 Å². The molecular weight excluding hydrogens is 217 g/mol. The number of rotatable bonds is 4. The number of hydrogen-bond acceptors (Lipinski definition) is 2. The standard InChI is InChI=1S/C14H20FNO/c1-2-14(12-7-3-4-8-13(12)15)16-11-6-5-9-17-10-11/h3-4,7-8,11,14,16H,2,5-6,9-10H2,1H3. The summed E-state index contributed by atoms with van der Waals surface area (Å²) in [5.41, 5.74) is 0.764. The molecule has 1 aromatic carbocycles. The fourth-order valence-corrected chi connectivity index (χ4v) is 2.34. The molecule has 17 heavy (non-hydrogen) atoms. The fraction of sp³-hybridized carbons (Fsp3) is 0.571. The number of halogens is 1. The summed E-state index contributed by atoms with van der Waals surface area (Å²) in [5.74, 6) is -0.122. The molecular formula is C14H20FNO. The molecule has 0 saturated carbocycles. The Hall–Kier alpha value is -0.930. The van der Waals surface area contributed by atoms with Gasteiger partial charge in [0.05, 0.1) is 6.61 Å². The van der Waals surface area contributed by atoms with E-state index in [2.05, 4.69) is 12.2 Å². The summed E-state index contributed by atoms with van der Waals surface area (Å²) in [4.78, 5) is 0. The minimum Gasteiger partial charge on any atom is -0.380 e. The Labute approximate surface area is 102 Å². The van der Waals surface area contributed by atoms with Gasteiger partial charge in [-0.2, -0.15) is 0 Å². The molecule has 1 saturated heterocycles. The molecule has 2 unspecified atom stereocenters. The first kappa shape index (κ1) is 12.5. The van der Waals surface area contributed by atoms with Gasteiger partial charge in [-0.15, -0.1) is 0 Å². The predicted octanol–water partition coefficient (Wildman–Crippen LogP) is 3.05. The van der Waals surface area contributed by atoms with Crippen LogP contribution in [0.5, 0.6) is 0 Å². The molecule has 94 valence electrons. The van der Waals surface area contributed by atoms with Crippen molar-refractivity contribution in [3.05, 3.63) is 35.6 Å². The summed E-state index contributed by atoms with van der Waals surface area (Å²) in [6.07, 6.45) is 3.09. The van der Waals surface area contributed by atoms with Crippen molar-refractivity contribution in [2.45, 2.75) is 38.3 Å². The highest BCUT2D eigenvalue weighted by Crippen LogP contribution is 2.21. The van der Waals surface area contributed by atoms with Gasteiger partial charge in [0.1, 0.15) is 5.82 Å². The third-order valence-electron chi connectivity index (χ3n) is 3.29. The van der Waals surface area contributed by atoms with Crippen LogP contribution >= 0.6 is 0 Å². The van der Waals surface area contributed by atoms with Crippen molar-refractivity contribution in [1.29, 1.82) is 0 Å². The van der Waals surface area contributed by atoms with Gasteiger partial charge in [0.25, 0.3) is 0 Å². The Morgan fingerprint density at radius 2 is 2.29 bits per heavy atom. The van der Waals surface area contributed by atoms with Gasteiger partial charge >= 0.3 is 0 Å². The zero-order valence-electron chi connectivity index (χ0n) is 10.3. The van der Waals surface area contributed by atoms with Crippen molar-refractivity contribution < 1.29 is 9.13 Å². The Kier molecular flexibility index (Phi) is 4.51. The summed E-state index contributed by atoms with van der Waals surface area (Å²) in [5, 5.41) is 3.50. The van der Waals surface area contributed by atoms with Gasteiger partial charge in [0.15, 0.2) is 0 Å². The topological polar surface area (TPSA) is 21.3 Å². The summed E-state index contributed by atoms with van der Waals surface area (Å²) in [7, 11) is 0. The van der Waals surface area contributed by atoms with Gasteiger partial charge < -0.3 is 10.1 Å². The first-order chi connectivity index (χ1) is 8.31. The van der Waals surface area contributed by atoms with Crippen LogP contribution in [0, 0.1) is 5.82 Å². The molecule has 1 heterocycles. The van der Waals surface area contributed by atoms with E-state index in [9.17, 15) is 4.39 Å². The van der Waals surface area contributed by atoms with Crippen LogP contribution in [0.2, 0.25) is 0 Å². The Balaban J connectivity index is 2.03. The normalized spacial score (nSPS) is 22.4. The lowest BCUT2D eigenvalue weighted by molar-refractivity contribution is 0.0659. The maximum absolute atomic E-state index is 13.7. The molecule has 2 rings (SSSR count). The van der Waals surface area contributed by atoms with E-state index in [1.54, 1.807) is 6.07 Å². The molecule has 0 bridgehead atoms. The second-order valence-electron chi connectivity index (χ2n) is 4.56. The minimum absolute atomic E-state index is 0.0860. The molecule has 0 aromatic heterocycles. The molecule has 1 aromatic rings. The van der Waals surface area contributed by atoms with E-state index in [1.807, 2.05) is 12.1 Å². The van der Waals surface area contributed by atoms with Crippen molar-refractivity contribution in [2.24, 2.45) is 0 Å². The highest BCUT2D eigenvalue weighted by Gasteiger charge is 2.20. The zero-order valence-corrected chi connectivity index (χ0v) is 10.3. The van der Waals surface area contributed by atoms with Gasteiger partial charge in [0, 0.05) is 24.3 Å². The Morgan fingerprint density at radius 3 is 2.94 bits per heavy atom. The molecule has 0 spiro atoms. The van der Waals surface area contributed by atoms with Crippen LogP contribution in [0.1, 0.15) is 37.8 Å². The average Bonchev–Trinajstić information content (AvgIpc) is 2.38. The lowest BCUT2D eigenvalue weighted by Gasteiger charge is -2.28. The predicted molar refractivity (Wildman–Crippen MR) is 66.4 cm³/mol. The molecule has 1 fully saturated rings. The highest BCUT2D eigenvalue weighted by molar-refractivity contribution is 5.21. The van der Waals surface area contributed by atoms with Crippen LogP contribution in [0.15, 0.2) is 24.3 Å². The highest BCUT2D eigenvalue weighted by atomic mass is 19.1. The van der Waals surface area contributed by atoms with Crippen LogP contribution in [0.25, 0.3) is 0 Å². The summed E-state index contributed by atoms with van der Waals surface area (Å²) in [6.45, 7) is 3.67. The van der Waals surface area contributed by atoms with Gasteiger partial charge in [-0.05, 0) is 25.3 Å². The smallest absolute Gasteiger partial charge is 0.127 e. The minimum atomic E-state index is -0.122. The van der Waals surface area contributed by atoms with E-state index >= 15 is 0 Å². The monoisotopic (exact) mass is 237 g/mol. The molecule has 0 amide bonds. The third-order valence-corrected chi connectivity index (χ3v) is 3.29. The van der Waals surface area contributed by atoms with E-state index in [-0.39, 0.29) is 11.9 Å². The molecule has 0 aliphatic carbocycles. The van der Waals surface area contributed by atoms with Crippen molar-refractivity contribution in [3.8, 4) is 0 Å². The molecule has 1 aliphatic heterocycles. The zero-order chi connectivity index (χ0) is 12.1. The van der Waals surface area contributed by atoms with Crippen LogP contribution in [0.4, 0.5) is 4.39 Å². The second-order valence-corrected chi connectivity index (χ2v) is 4.56. The lowest BCUT2D eigenvalue weighted by Crippen LogP contribution is -2.39. The maximum atomic E-state index is 13.7. The SMILES string of the molecule is CCC(NC1CCCOC1)c1ccccc1F. The molecule has 0 radical (unpaired) electrons. The van der Waals surface area contributed by atoms with E-state index < -0.39 is 0 Å². The molecule has 2 nitrogen and oxygen atoms in total. The van der Waals surface area contributed by atoms with Gasteiger partial charge in [-0.25, -0.2) is 4.39 Å². The van der Waals surface area contributed by atoms with Gasteiger partial charge in [0.2, 0.25) is 0 Å². The summed E-state index contributed by atoms with van der Waals surface area (Å²) >= 11 is 0. The van der Waals surface area contributed by atoms with Crippen LogP contribution < -0.4 is 5.32 Å². The molecule has 2 atom stereocenters. The quantitative estimate of drug-likeness (QED) is 0.869. The van der Waals surface area contributed by atoms with Crippen molar-refractivity contribution in [2.75, 3.05) is 13.2 Å². The summed E-state index contributed by atoms with van der Waals surface area (Å²) < 4.78 is 19.1. The fourth-order valence-electron chi connectivity index (χ4n) is 2.34.